The van der Waals surface area contributed by atoms with Gasteiger partial charge in [0.2, 0.25) is 0 Å². The molecule has 2 rings (SSSR count). The first-order chi connectivity index (χ1) is 10.1. The van der Waals surface area contributed by atoms with Crippen molar-refractivity contribution in [3.63, 3.8) is 0 Å². The van der Waals surface area contributed by atoms with Crippen LogP contribution in [0, 0.1) is 13.8 Å². The molecule has 0 radical (unpaired) electrons. The van der Waals surface area contributed by atoms with Gasteiger partial charge >= 0.3 is 0 Å². The second-order valence-corrected chi connectivity index (χ2v) is 5.06. The Morgan fingerprint density at radius 3 is 2.71 bits per heavy atom. The molecule has 0 spiro atoms. The third-order valence-corrected chi connectivity index (χ3v) is 3.28. The average molecular weight is 287 g/mol. The molecule has 1 N–H and O–H groups in total. The van der Waals surface area contributed by atoms with Crippen LogP contribution in [-0.2, 0) is 6.61 Å². The minimum Gasteiger partial charge on any atom is -0.486 e. The van der Waals surface area contributed by atoms with Crippen molar-refractivity contribution in [1.82, 2.24) is 5.32 Å². The number of ether oxygens (including phenoxy) is 1. The maximum atomic E-state index is 11.7. The number of furan rings is 1. The van der Waals surface area contributed by atoms with E-state index in [4.69, 9.17) is 9.15 Å². The van der Waals surface area contributed by atoms with Crippen molar-refractivity contribution >= 4 is 5.91 Å². The Bertz CT molecular complexity index is 616. The number of hydrogen-bond acceptors (Lipinski definition) is 3. The summed E-state index contributed by atoms with van der Waals surface area (Å²) in [6, 6.07) is 9.38. The van der Waals surface area contributed by atoms with Crippen molar-refractivity contribution in [1.29, 1.82) is 0 Å². The molecule has 0 bridgehead atoms. The molecule has 0 aliphatic carbocycles. The molecule has 21 heavy (non-hydrogen) atoms. The molecule has 4 heteroatoms. The van der Waals surface area contributed by atoms with Crippen molar-refractivity contribution in [2.24, 2.45) is 0 Å². The number of benzene rings is 1. The van der Waals surface area contributed by atoms with Gasteiger partial charge in [0.25, 0.3) is 5.91 Å². The molecule has 1 aromatic carbocycles. The first kappa shape index (κ1) is 15.2. The smallest absolute Gasteiger partial charge is 0.286 e. The Morgan fingerprint density at radius 1 is 1.19 bits per heavy atom. The molecule has 1 amide bonds. The lowest BCUT2D eigenvalue weighted by atomic mass is 10.1. The Hall–Kier alpha value is -2.23. The summed E-state index contributed by atoms with van der Waals surface area (Å²) in [7, 11) is 0. The van der Waals surface area contributed by atoms with Crippen LogP contribution in [0.1, 0.15) is 40.8 Å². The van der Waals surface area contributed by atoms with Crippen LogP contribution in [-0.4, -0.2) is 12.5 Å². The van der Waals surface area contributed by atoms with Crippen LogP contribution in [0.15, 0.2) is 34.7 Å². The van der Waals surface area contributed by atoms with Gasteiger partial charge in [0.15, 0.2) is 5.76 Å². The summed E-state index contributed by atoms with van der Waals surface area (Å²) >= 11 is 0. The predicted octanol–water partition coefficient (Wildman–Crippen LogP) is 3.62. The van der Waals surface area contributed by atoms with Crippen LogP contribution in [0.3, 0.4) is 0 Å². The van der Waals surface area contributed by atoms with Crippen molar-refractivity contribution in [2.75, 3.05) is 6.54 Å². The highest BCUT2D eigenvalue weighted by molar-refractivity contribution is 5.91. The van der Waals surface area contributed by atoms with Gasteiger partial charge in [-0.3, -0.25) is 4.79 Å². The molecule has 0 aliphatic rings. The third-order valence-electron chi connectivity index (χ3n) is 3.28. The Balaban J connectivity index is 1.93. The van der Waals surface area contributed by atoms with E-state index in [2.05, 4.69) is 12.2 Å². The highest BCUT2D eigenvalue weighted by Gasteiger charge is 2.10. The van der Waals surface area contributed by atoms with Crippen molar-refractivity contribution in [3.8, 4) is 5.75 Å². The van der Waals surface area contributed by atoms with E-state index >= 15 is 0 Å². The van der Waals surface area contributed by atoms with E-state index in [1.54, 1.807) is 12.1 Å². The highest BCUT2D eigenvalue weighted by Crippen LogP contribution is 2.18. The Kier molecular flexibility index (Phi) is 5.04. The van der Waals surface area contributed by atoms with Crippen molar-refractivity contribution < 1.29 is 13.9 Å². The minimum absolute atomic E-state index is 0.186. The van der Waals surface area contributed by atoms with E-state index in [-0.39, 0.29) is 5.91 Å². The van der Waals surface area contributed by atoms with Gasteiger partial charge in [-0.25, -0.2) is 0 Å². The van der Waals surface area contributed by atoms with Gasteiger partial charge in [0.1, 0.15) is 18.1 Å². The zero-order valence-corrected chi connectivity index (χ0v) is 12.7. The molecule has 1 aromatic heterocycles. The van der Waals surface area contributed by atoms with Crippen LogP contribution in [0.25, 0.3) is 0 Å². The molecule has 0 saturated carbocycles. The first-order valence-corrected chi connectivity index (χ1v) is 7.17. The maximum absolute atomic E-state index is 11.7. The average Bonchev–Trinajstić information content (AvgIpc) is 2.95. The van der Waals surface area contributed by atoms with E-state index in [9.17, 15) is 4.79 Å². The first-order valence-electron chi connectivity index (χ1n) is 7.17. The van der Waals surface area contributed by atoms with E-state index in [1.807, 2.05) is 32.0 Å². The largest absolute Gasteiger partial charge is 0.486 e. The maximum Gasteiger partial charge on any atom is 0.286 e. The lowest BCUT2D eigenvalue weighted by molar-refractivity contribution is 0.0922. The van der Waals surface area contributed by atoms with E-state index in [0.29, 0.717) is 24.7 Å². The molecule has 0 fully saturated rings. The fourth-order valence-corrected chi connectivity index (χ4v) is 1.86. The summed E-state index contributed by atoms with van der Waals surface area (Å²) in [5.41, 5.74) is 2.42. The molecule has 112 valence electrons. The Labute approximate surface area is 125 Å². The Morgan fingerprint density at radius 2 is 2.00 bits per heavy atom. The van der Waals surface area contributed by atoms with Gasteiger partial charge in [-0.2, -0.15) is 0 Å². The topological polar surface area (TPSA) is 51.5 Å². The molecule has 0 saturated heterocycles. The van der Waals surface area contributed by atoms with E-state index < -0.39 is 0 Å². The molecular formula is C17H21NO3. The summed E-state index contributed by atoms with van der Waals surface area (Å²) in [5.74, 6) is 1.57. The second kappa shape index (κ2) is 6.97. The molecular weight excluding hydrogens is 266 g/mol. The van der Waals surface area contributed by atoms with E-state index in [0.717, 1.165) is 12.2 Å². The summed E-state index contributed by atoms with van der Waals surface area (Å²) < 4.78 is 11.2. The minimum atomic E-state index is -0.186. The lowest BCUT2D eigenvalue weighted by Crippen LogP contribution is -2.23. The number of rotatable bonds is 6. The van der Waals surface area contributed by atoms with Gasteiger partial charge < -0.3 is 14.5 Å². The standard InChI is InChI=1S/C17H21NO3/c1-4-9-18-17(19)16-8-7-15(21-16)11-20-14-6-5-12(2)13(3)10-14/h5-8,10H,4,9,11H2,1-3H3,(H,18,19). The molecule has 2 aromatic rings. The number of carbonyl (C=O) groups is 1. The second-order valence-electron chi connectivity index (χ2n) is 5.06. The lowest BCUT2D eigenvalue weighted by Gasteiger charge is -2.06. The van der Waals surface area contributed by atoms with Crippen molar-refractivity contribution in [3.05, 3.63) is 53.0 Å². The number of nitrogens with one attached hydrogen (secondary N) is 1. The van der Waals surface area contributed by atoms with Crippen LogP contribution in [0.4, 0.5) is 0 Å². The summed E-state index contributed by atoms with van der Waals surface area (Å²) in [5, 5.41) is 2.78. The van der Waals surface area contributed by atoms with Gasteiger partial charge in [0.05, 0.1) is 0 Å². The molecule has 4 nitrogen and oxygen atoms in total. The molecule has 0 aliphatic heterocycles. The van der Waals surface area contributed by atoms with E-state index in [1.165, 1.54) is 11.1 Å². The van der Waals surface area contributed by atoms with Crippen LogP contribution >= 0.6 is 0 Å². The normalized spacial score (nSPS) is 10.4. The fourth-order valence-electron chi connectivity index (χ4n) is 1.86. The van der Waals surface area contributed by atoms with Crippen molar-refractivity contribution in [2.45, 2.75) is 33.8 Å². The number of hydrogen-bond donors (Lipinski definition) is 1. The monoisotopic (exact) mass is 287 g/mol. The predicted molar refractivity (Wildman–Crippen MR) is 81.6 cm³/mol. The molecule has 0 unspecified atom stereocenters. The van der Waals surface area contributed by atoms with Gasteiger partial charge in [-0.1, -0.05) is 13.0 Å². The quantitative estimate of drug-likeness (QED) is 0.883. The SMILES string of the molecule is CCCNC(=O)c1ccc(COc2ccc(C)c(C)c2)o1. The van der Waals surface area contributed by atoms with Gasteiger partial charge in [0, 0.05) is 6.54 Å². The van der Waals surface area contributed by atoms with Crippen LogP contribution in [0.5, 0.6) is 5.75 Å². The molecule has 0 atom stereocenters. The van der Waals surface area contributed by atoms with Crippen LogP contribution in [0.2, 0.25) is 0 Å². The van der Waals surface area contributed by atoms with Gasteiger partial charge in [-0.15, -0.1) is 0 Å². The summed E-state index contributed by atoms with van der Waals surface area (Å²) in [6.07, 6.45) is 0.898. The molecule has 1 heterocycles. The zero-order valence-electron chi connectivity index (χ0n) is 12.7. The third kappa shape index (κ3) is 4.12. The summed E-state index contributed by atoms with van der Waals surface area (Å²) in [6.45, 7) is 7.07. The fraction of sp³-hybridized carbons (Fsp3) is 0.353. The number of amides is 1. The van der Waals surface area contributed by atoms with Gasteiger partial charge in [-0.05, 0) is 55.7 Å². The zero-order chi connectivity index (χ0) is 15.2. The summed E-state index contributed by atoms with van der Waals surface area (Å²) in [4.78, 5) is 11.7. The number of aryl methyl sites for hydroxylation is 2. The number of carbonyl (C=O) groups excluding carboxylic acids is 1. The highest BCUT2D eigenvalue weighted by atomic mass is 16.5. The van der Waals surface area contributed by atoms with Crippen LogP contribution < -0.4 is 10.1 Å².